The number of anilines is 1. The molecular weight excluding hydrogens is 507 g/mol. The second kappa shape index (κ2) is 10.0. The van der Waals surface area contributed by atoms with Crippen molar-refractivity contribution in [3.63, 3.8) is 0 Å². The maximum Gasteiger partial charge on any atom is 0.322 e. The predicted molar refractivity (Wildman–Crippen MR) is 128 cm³/mol. The molecule has 1 fully saturated rings. The molecule has 1 amide bonds. The summed E-state index contributed by atoms with van der Waals surface area (Å²) in [6.45, 7) is 0.496. The molecule has 0 saturated carbocycles. The number of hydrogen-bond acceptors (Lipinski definition) is 7. The minimum Gasteiger partial charge on any atom is -0.403 e. The maximum atomic E-state index is 12.9. The Balaban J connectivity index is 1.37. The highest BCUT2D eigenvalue weighted by Crippen LogP contribution is 2.31. The van der Waals surface area contributed by atoms with Gasteiger partial charge in [0.15, 0.2) is 0 Å². The lowest BCUT2D eigenvalue weighted by Crippen LogP contribution is -2.41. The van der Waals surface area contributed by atoms with Gasteiger partial charge in [-0.15, -0.1) is 16.9 Å². The predicted octanol–water partition coefficient (Wildman–Crippen LogP) is 4.80. The van der Waals surface area contributed by atoms with Crippen molar-refractivity contribution in [1.82, 2.24) is 14.5 Å². The fourth-order valence-electron chi connectivity index (χ4n) is 3.51. The number of benzene rings is 2. The number of thioether (sulfide) groups is 1. The zero-order valence-electron chi connectivity index (χ0n) is 17.5. The van der Waals surface area contributed by atoms with Gasteiger partial charge in [-0.2, -0.15) is 4.31 Å². The normalized spacial score (nSPS) is 15.5. The molecule has 0 bridgehead atoms. The molecule has 8 nitrogen and oxygen atoms in total. The number of carbonyl (C=O) groups excluding carboxylic acids is 1. The minimum atomic E-state index is -3.60. The summed E-state index contributed by atoms with van der Waals surface area (Å²) in [6, 6.07) is 11.6. The topological polar surface area (TPSA) is 105 Å². The van der Waals surface area contributed by atoms with Crippen LogP contribution < -0.4 is 5.32 Å². The van der Waals surface area contributed by atoms with Gasteiger partial charge in [0.1, 0.15) is 0 Å². The van der Waals surface area contributed by atoms with Crippen molar-refractivity contribution in [2.45, 2.75) is 22.6 Å². The first-order valence-corrected chi connectivity index (χ1v) is 13.4. The molecule has 3 aromatic rings. The molecular formula is C21H20Cl2N4O4S2. The standard InChI is InChI=1S/C21H20Cl2N4O4S2/c1-32-15-3-5-16(6-4-15)33(29,30)27-10-8-13(9-11-27)19(28)24-21-26-25-20(31-21)17-12-14(22)2-7-18(17)23/h2-7,12-13H,8-11H2,1H3,(H,24,26,28). The average Bonchev–Trinajstić information content (AvgIpc) is 3.29. The molecule has 1 aromatic heterocycles. The SMILES string of the molecule is CSc1ccc(S(=O)(=O)N2CCC(C(=O)Nc3nnc(-c4cc(Cl)ccc4Cl)o3)CC2)cc1. The second-order valence-corrected chi connectivity index (χ2v) is 11.0. The largest absolute Gasteiger partial charge is 0.403 e. The van der Waals surface area contributed by atoms with Crippen molar-refractivity contribution < 1.29 is 17.6 Å². The van der Waals surface area contributed by atoms with E-state index in [1.165, 1.54) is 4.31 Å². The maximum absolute atomic E-state index is 12.9. The number of nitrogens with zero attached hydrogens (tertiary/aromatic N) is 3. The van der Waals surface area contributed by atoms with E-state index in [0.717, 1.165) is 4.90 Å². The summed E-state index contributed by atoms with van der Waals surface area (Å²) in [5.74, 6) is -0.546. The van der Waals surface area contributed by atoms with Gasteiger partial charge in [0.25, 0.3) is 5.89 Å². The van der Waals surface area contributed by atoms with Crippen LogP contribution >= 0.6 is 35.0 Å². The van der Waals surface area contributed by atoms with Gasteiger partial charge in [-0.1, -0.05) is 28.3 Å². The van der Waals surface area contributed by atoms with E-state index < -0.39 is 10.0 Å². The summed E-state index contributed by atoms with van der Waals surface area (Å²) in [7, 11) is -3.60. The average molecular weight is 527 g/mol. The molecule has 1 aliphatic heterocycles. The zero-order chi connectivity index (χ0) is 23.6. The van der Waals surface area contributed by atoms with Gasteiger partial charge in [0.2, 0.25) is 15.9 Å². The number of carbonyl (C=O) groups is 1. The molecule has 2 heterocycles. The van der Waals surface area contributed by atoms with Crippen LogP contribution in [0.3, 0.4) is 0 Å². The van der Waals surface area contributed by atoms with Crippen LogP contribution in [-0.2, 0) is 14.8 Å². The number of piperidine rings is 1. The lowest BCUT2D eigenvalue weighted by atomic mass is 9.97. The third kappa shape index (κ3) is 5.36. The van der Waals surface area contributed by atoms with Crippen molar-refractivity contribution >= 4 is 56.9 Å². The fraction of sp³-hybridized carbons (Fsp3) is 0.286. The van der Waals surface area contributed by atoms with Crippen LogP contribution in [0.25, 0.3) is 11.5 Å². The van der Waals surface area contributed by atoms with Gasteiger partial charge in [0.05, 0.1) is 15.5 Å². The molecule has 0 spiro atoms. The van der Waals surface area contributed by atoms with Crippen LogP contribution in [0.5, 0.6) is 0 Å². The van der Waals surface area contributed by atoms with Crippen molar-refractivity contribution in [2.24, 2.45) is 5.92 Å². The summed E-state index contributed by atoms with van der Waals surface area (Å²) in [4.78, 5) is 13.9. The van der Waals surface area contributed by atoms with Gasteiger partial charge in [0, 0.05) is 28.9 Å². The van der Waals surface area contributed by atoms with Crippen LogP contribution in [0.1, 0.15) is 12.8 Å². The Morgan fingerprint density at radius 3 is 2.48 bits per heavy atom. The van der Waals surface area contributed by atoms with Crippen LogP contribution in [-0.4, -0.2) is 48.2 Å². The third-order valence-electron chi connectivity index (χ3n) is 5.34. The first-order chi connectivity index (χ1) is 15.8. The number of aromatic nitrogens is 2. The summed E-state index contributed by atoms with van der Waals surface area (Å²) in [6.07, 6.45) is 2.70. The number of halogens is 2. The van der Waals surface area contributed by atoms with Crippen molar-refractivity contribution in [1.29, 1.82) is 0 Å². The molecule has 12 heteroatoms. The number of sulfonamides is 1. The van der Waals surface area contributed by atoms with E-state index in [4.69, 9.17) is 27.6 Å². The van der Waals surface area contributed by atoms with E-state index in [2.05, 4.69) is 15.5 Å². The molecule has 33 heavy (non-hydrogen) atoms. The van der Waals surface area contributed by atoms with Crippen molar-refractivity contribution in [3.05, 3.63) is 52.5 Å². The molecule has 1 saturated heterocycles. The van der Waals surface area contributed by atoms with Crippen LogP contribution in [0, 0.1) is 5.92 Å². The summed E-state index contributed by atoms with van der Waals surface area (Å²) >= 11 is 13.7. The van der Waals surface area contributed by atoms with Crippen LogP contribution in [0.4, 0.5) is 6.01 Å². The van der Waals surface area contributed by atoms with E-state index in [-0.39, 0.29) is 41.7 Å². The fourth-order valence-corrected chi connectivity index (χ4v) is 5.75. The third-order valence-corrected chi connectivity index (χ3v) is 8.56. The molecule has 1 N–H and O–H groups in total. The van der Waals surface area contributed by atoms with Crippen molar-refractivity contribution in [2.75, 3.05) is 24.7 Å². The molecule has 0 unspecified atom stereocenters. The number of amides is 1. The zero-order valence-corrected chi connectivity index (χ0v) is 20.6. The Kier molecular flexibility index (Phi) is 7.30. The molecule has 174 valence electrons. The van der Waals surface area contributed by atoms with Gasteiger partial charge >= 0.3 is 6.01 Å². The quantitative estimate of drug-likeness (QED) is 0.459. The highest BCUT2D eigenvalue weighted by Gasteiger charge is 2.32. The molecule has 1 aliphatic rings. The van der Waals surface area contributed by atoms with E-state index in [1.54, 1.807) is 54.2 Å². The first kappa shape index (κ1) is 24.0. The molecule has 4 rings (SSSR count). The monoisotopic (exact) mass is 526 g/mol. The van der Waals surface area contributed by atoms with Crippen molar-refractivity contribution in [3.8, 4) is 11.5 Å². The molecule has 2 aromatic carbocycles. The first-order valence-electron chi connectivity index (χ1n) is 10.0. The van der Waals surface area contributed by atoms with E-state index in [9.17, 15) is 13.2 Å². The lowest BCUT2D eigenvalue weighted by Gasteiger charge is -2.30. The molecule has 0 radical (unpaired) electrons. The van der Waals surface area contributed by atoms with Gasteiger partial charge in [-0.05, 0) is 61.6 Å². The van der Waals surface area contributed by atoms with Crippen LogP contribution in [0.2, 0.25) is 10.0 Å². The Bertz CT molecular complexity index is 1260. The highest BCUT2D eigenvalue weighted by atomic mass is 35.5. The Hall–Kier alpha value is -2.11. The molecule has 0 atom stereocenters. The number of nitrogens with one attached hydrogen (secondary N) is 1. The van der Waals surface area contributed by atoms with Crippen LogP contribution in [0.15, 0.2) is 56.7 Å². The summed E-state index contributed by atoms with van der Waals surface area (Å²) < 4.78 is 32.7. The minimum absolute atomic E-state index is 0.0602. The Labute approximate surface area is 205 Å². The van der Waals surface area contributed by atoms with Gasteiger partial charge < -0.3 is 4.42 Å². The number of hydrogen-bond donors (Lipinski definition) is 1. The molecule has 0 aliphatic carbocycles. The number of rotatable bonds is 6. The summed E-state index contributed by atoms with van der Waals surface area (Å²) in [5, 5.41) is 11.2. The highest BCUT2D eigenvalue weighted by molar-refractivity contribution is 7.98. The van der Waals surface area contributed by atoms with Gasteiger partial charge in [-0.3, -0.25) is 10.1 Å². The van der Waals surface area contributed by atoms with Gasteiger partial charge in [-0.25, -0.2) is 8.42 Å². The van der Waals surface area contributed by atoms with E-state index in [1.807, 2.05) is 6.26 Å². The Morgan fingerprint density at radius 2 is 1.82 bits per heavy atom. The lowest BCUT2D eigenvalue weighted by molar-refractivity contribution is -0.121. The van der Waals surface area contributed by atoms with E-state index >= 15 is 0 Å². The summed E-state index contributed by atoms with van der Waals surface area (Å²) in [5.41, 5.74) is 0.459. The smallest absolute Gasteiger partial charge is 0.322 e. The second-order valence-electron chi connectivity index (χ2n) is 7.38. The van der Waals surface area contributed by atoms with E-state index in [0.29, 0.717) is 28.5 Å². The Morgan fingerprint density at radius 1 is 1.12 bits per heavy atom.